The molecule has 0 aromatic carbocycles. The van der Waals surface area contributed by atoms with Crippen LogP contribution in [0.4, 0.5) is 8.78 Å². The minimum Gasteiger partial charge on any atom is -0.375 e. The summed E-state index contributed by atoms with van der Waals surface area (Å²) in [6.07, 6.45) is 4.41. The van der Waals surface area contributed by atoms with Crippen molar-refractivity contribution in [1.29, 1.82) is 0 Å². The molecule has 0 aromatic rings. The molecular formula is C10H17F2NO. The normalized spacial score (nSPS) is 12.8. The smallest absolute Gasteiger partial charge is 0.261 e. The van der Waals surface area contributed by atoms with Gasteiger partial charge in [-0.25, -0.2) is 8.78 Å². The van der Waals surface area contributed by atoms with Gasteiger partial charge in [-0.1, -0.05) is 12.8 Å². The third kappa shape index (κ3) is 7.96. The highest BCUT2D eigenvalue weighted by molar-refractivity contribution is 4.98. The lowest BCUT2D eigenvalue weighted by Crippen LogP contribution is -2.29. The molecule has 4 heteroatoms. The number of terminal acetylenes is 1. The second-order valence-corrected chi connectivity index (χ2v) is 2.93. The molecule has 0 bridgehead atoms. The van der Waals surface area contributed by atoms with E-state index in [9.17, 15) is 8.78 Å². The van der Waals surface area contributed by atoms with Crippen molar-refractivity contribution in [2.45, 2.75) is 32.2 Å². The number of halogens is 2. The Bertz CT molecular complexity index is 168. The molecular weight excluding hydrogens is 188 g/mol. The van der Waals surface area contributed by atoms with Crippen LogP contribution in [0, 0.1) is 12.3 Å². The molecule has 0 aromatic heterocycles. The van der Waals surface area contributed by atoms with E-state index in [1.54, 1.807) is 0 Å². The van der Waals surface area contributed by atoms with Gasteiger partial charge in [0.1, 0.15) is 6.61 Å². The number of ether oxygens (including phenoxy) is 1. The van der Waals surface area contributed by atoms with Crippen LogP contribution in [0.3, 0.4) is 0 Å². The maximum Gasteiger partial charge on any atom is 0.261 e. The Morgan fingerprint density at radius 3 is 2.71 bits per heavy atom. The zero-order valence-electron chi connectivity index (χ0n) is 8.43. The molecule has 0 amide bonds. The molecule has 0 saturated carbocycles. The number of hydrogen-bond acceptors (Lipinski definition) is 2. The first kappa shape index (κ1) is 13.3. The van der Waals surface area contributed by atoms with Gasteiger partial charge < -0.3 is 10.1 Å². The number of alkyl halides is 2. The van der Waals surface area contributed by atoms with Crippen LogP contribution in [0.1, 0.15) is 19.8 Å². The lowest BCUT2D eigenvalue weighted by Gasteiger charge is -2.12. The van der Waals surface area contributed by atoms with Crippen LogP contribution in [0.5, 0.6) is 0 Å². The van der Waals surface area contributed by atoms with Crippen LogP contribution in [-0.2, 0) is 4.74 Å². The molecule has 0 aliphatic heterocycles. The Morgan fingerprint density at radius 2 is 2.21 bits per heavy atom. The molecule has 0 radical (unpaired) electrons. The Balaban J connectivity index is 3.39. The van der Waals surface area contributed by atoms with E-state index in [1.165, 1.54) is 0 Å². The maximum atomic E-state index is 11.7. The van der Waals surface area contributed by atoms with Crippen molar-refractivity contribution in [2.75, 3.05) is 19.8 Å². The van der Waals surface area contributed by atoms with Gasteiger partial charge in [-0.05, 0) is 19.4 Å². The molecule has 14 heavy (non-hydrogen) atoms. The summed E-state index contributed by atoms with van der Waals surface area (Å²) in [7, 11) is 0. The number of hydrogen-bond donors (Lipinski definition) is 1. The quantitative estimate of drug-likeness (QED) is 0.480. The third-order valence-electron chi connectivity index (χ3n) is 1.64. The lowest BCUT2D eigenvalue weighted by atomic mass is 10.2. The van der Waals surface area contributed by atoms with Crippen molar-refractivity contribution in [3.63, 3.8) is 0 Å². The Hall–Kier alpha value is -0.660. The second kappa shape index (κ2) is 8.92. The first-order valence-electron chi connectivity index (χ1n) is 4.76. The van der Waals surface area contributed by atoms with E-state index in [1.807, 2.05) is 6.92 Å². The molecule has 0 aliphatic rings. The minimum atomic E-state index is -2.40. The SMILES string of the molecule is C#CC(CCOCC(F)F)NCCC. The van der Waals surface area contributed by atoms with Crippen molar-refractivity contribution < 1.29 is 13.5 Å². The molecule has 1 unspecified atom stereocenters. The van der Waals surface area contributed by atoms with Crippen LogP contribution < -0.4 is 5.32 Å². The summed E-state index contributed by atoms with van der Waals surface area (Å²) in [6, 6.07) is -0.0763. The van der Waals surface area contributed by atoms with E-state index in [4.69, 9.17) is 11.2 Å². The molecule has 0 spiro atoms. The third-order valence-corrected chi connectivity index (χ3v) is 1.64. The fourth-order valence-electron chi connectivity index (χ4n) is 0.936. The van der Waals surface area contributed by atoms with Crippen LogP contribution in [0.2, 0.25) is 0 Å². The summed E-state index contributed by atoms with van der Waals surface area (Å²) in [5.41, 5.74) is 0. The van der Waals surface area contributed by atoms with Gasteiger partial charge in [0.25, 0.3) is 6.43 Å². The average Bonchev–Trinajstić information content (AvgIpc) is 2.16. The van der Waals surface area contributed by atoms with Crippen LogP contribution >= 0.6 is 0 Å². The highest BCUT2D eigenvalue weighted by atomic mass is 19.3. The Morgan fingerprint density at radius 1 is 1.50 bits per heavy atom. The van der Waals surface area contributed by atoms with Gasteiger partial charge in [-0.2, -0.15) is 0 Å². The molecule has 0 saturated heterocycles. The van der Waals surface area contributed by atoms with Crippen molar-refractivity contribution in [3.05, 3.63) is 0 Å². The van der Waals surface area contributed by atoms with Crippen molar-refractivity contribution in [1.82, 2.24) is 5.32 Å². The molecule has 0 rings (SSSR count). The monoisotopic (exact) mass is 205 g/mol. The van der Waals surface area contributed by atoms with Crippen LogP contribution in [0.25, 0.3) is 0 Å². The van der Waals surface area contributed by atoms with Gasteiger partial charge >= 0.3 is 0 Å². The summed E-state index contributed by atoms with van der Waals surface area (Å²) >= 11 is 0. The largest absolute Gasteiger partial charge is 0.375 e. The molecule has 0 fully saturated rings. The van der Waals surface area contributed by atoms with Crippen LogP contribution in [-0.4, -0.2) is 32.2 Å². The van der Waals surface area contributed by atoms with Gasteiger partial charge in [0.2, 0.25) is 0 Å². The highest BCUT2D eigenvalue weighted by Crippen LogP contribution is 1.96. The maximum absolute atomic E-state index is 11.7. The van der Waals surface area contributed by atoms with Gasteiger partial charge in [0, 0.05) is 6.61 Å². The van der Waals surface area contributed by atoms with E-state index in [0.717, 1.165) is 13.0 Å². The van der Waals surface area contributed by atoms with Gasteiger partial charge in [-0.3, -0.25) is 0 Å². The minimum absolute atomic E-state index is 0.0763. The molecule has 82 valence electrons. The Kier molecular flexibility index (Phi) is 8.50. The zero-order chi connectivity index (χ0) is 10.8. The summed E-state index contributed by atoms with van der Waals surface area (Å²) in [4.78, 5) is 0. The molecule has 0 aliphatic carbocycles. The predicted molar refractivity (Wildman–Crippen MR) is 52.4 cm³/mol. The van der Waals surface area contributed by atoms with Crippen molar-refractivity contribution in [3.8, 4) is 12.3 Å². The fraction of sp³-hybridized carbons (Fsp3) is 0.800. The van der Waals surface area contributed by atoms with Gasteiger partial charge in [-0.15, -0.1) is 6.42 Å². The van der Waals surface area contributed by atoms with E-state index >= 15 is 0 Å². The molecule has 1 atom stereocenters. The standard InChI is InChI=1S/C10H17F2NO/c1-3-6-13-9(4-2)5-7-14-8-10(11)12/h2,9-10,13H,3,5-8H2,1H3. The van der Waals surface area contributed by atoms with E-state index in [-0.39, 0.29) is 12.6 Å². The molecule has 0 heterocycles. The Labute approximate surface area is 84.0 Å². The lowest BCUT2D eigenvalue weighted by molar-refractivity contribution is 0.0156. The summed E-state index contributed by atoms with van der Waals surface area (Å²) in [6.45, 7) is 2.64. The second-order valence-electron chi connectivity index (χ2n) is 2.93. The molecule has 1 N–H and O–H groups in total. The van der Waals surface area contributed by atoms with Gasteiger partial charge in [0.05, 0.1) is 6.04 Å². The van der Waals surface area contributed by atoms with Gasteiger partial charge in [0.15, 0.2) is 0 Å². The highest BCUT2D eigenvalue weighted by Gasteiger charge is 2.05. The number of nitrogens with one attached hydrogen (secondary N) is 1. The summed E-state index contributed by atoms with van der Waals surface area (Å²) in [5.74, 6) is 2.55. The van der Waals surface area contributed by atoms with E-state index in [2.05, 4.69) is 11.2 Å². The van der Waals surface area contributed by atoms with E-state index in [0.29, 0.717) is 6.42 Å². The average molecular weight is 205 g/mol. The van der Waals surface area contributed by atoms with E-state index < -0.39 is 13.0 Å². The number of rotatable bonds is 8. The van der Waals surface area contributed by atoms with Crippen molar-refractivity contribution in [2.24, 2.45) is 0 Å². The topological polar surface area (TPSA) is 21.3 Å². The van der Waals surface area contributed by atoms with Crippen molar-refractivity contribution >= 4 is 0 Å². The summed E-state index contributed by atoms with van der Waals surface area (Å²) < 4.78 is 28.0. The predicted octanol–water partition coefficient (Wildman–Crippen LogP) is 1.66. The molecule has 2 nitrogen and oxygen atoms in total. The first-order chi connectivity index (χ1) is 6.70. The van der Waals surface area contributed by atoms with Crippen LogP contribution in [0.15, 0.2) is 0 Å². The zero-order valence-corrected chi connectivity index (χ0v) is 8.43. The fourth-order valence-corrected chi connectivity index (χ4v) is 0.936. The first-order valence-corrected chi connectivity index (χ1v) is 4.76. The summed E-state index contributed by atoms with van der Waals surface area (Å²) in [5, 5.41) is 3.10.